The molecular formula is C20H30ClIN4O. The fourth-order valence-corrected chi connectivity index (χ4v) is 3.56. The van der Waals surface area contributed by atoms with Crippen molar-refractivity contribution in [2.24, 2.45) is 4.99 Å². The van der Waals surface area contributed by atoms with E-state index >= 15 is 0 Å². The molecule has 0 bridgehead atoms. The highest BCUT2D eigenvalue weighted by Crippen LogP contribution is 2.21. The summed E-state index contributed by atoms with van der Waals surface area (Å²) in [5, 5.41) is 4.24. The Labute approximate surface area is 184 Å². The second kappa shape index (κ2) is 11.8. The normalized spacial score (nSPS) is 18.0. The molecule has 0 unspecified atom stereocenters. The largest absolute Gasteiger partial charge is 0.377 e. The fourth-order valence-electron chi connectivity index (χ4n) is 3.37. The van der Waals surface area contributed by atoms with E-state index in [0.717, 1.165) is 76.3 Å². The molecule has 2 aliphatic rings. The van der Waals surface area contributed by atoms with E-state index in [4.69, 9.17) is 21.3 Å². The van der Waals surface area contributed by atoms with E-state index in [-0.39, 0.29) is 24.0 Å². The third-order valence-electron chi connectivity index (χ3n) is 4.84. The van der Waals surface area contributed by atoms with Crippen LogP contribution in [-0.2, 0) is 4.74 Å². The Morgan fingerprint density at radius 3 is 2.74 bits per heavy atom. The number of nitrogens with zero attached hydrogens (tertiary/aromatic N) is 3. The van der Waals surface area contributed by atoms with Gasteiger partial charge in [-0.1, -0.05) is 29.3 Å². The molecule has 0 aromatic heterocycles. The highest BCUT2D eigenvalue weighted by Gasteiger charge is 2.20. The molecule has 0 spiro atoms. The van der Waals surface area contributed by atoms with Crippen LogP contribution in [0.25, 0.3) is 0 Å². The second-order valence-corrected chi connectivity index (χ2v) is 7.06. The van der Waals surface area contributed by atoms with Crippen molar-refractivity contribution >= 4 is 47.2 Å². The van der Waals surface area contributed by atoms with Gasteiger partial charge in [0, 0.05) is 50.0 Å². The molecule has 1 saturated heterocycles. The Morgan fingerprint density at radius 2 is 2.07 bits per heavy atom. The summed E-state index contributed by atoms with van der Waals surface area (Å²) in [6.45, 7) is 9.35. The van der Waals surface area contributed by atoms with Gasteiger partial charge in [0.1, 0.15) is 0 Å². The van der Waals surface area contributed by atoms with E-state index < -0.39 is 0 Å². The van der Waals surface area contributed by atoms with Crippen molar-refractivity contribution in [3.05, 3.63) is 40.9 Å². The maximum atomic E-state index is 6.13. The smallest absolute Gasteiger partial charge is 0.194 e. The van der Waals surface area contributed by atoms with Gasteiger partial charge in [-0.15, -0.1) is 24.0 Å². The maximum absolute atomic E-state index is 6.13. The minimum Gasteiger partial charge on any atom is -0.377 e. The molecule has 2 heterocycles. The zero-order chi connectivity index (χ0) is 18.2. The summed E-state index contributed by atoms with van der Waals surface area (Å²) in [6, 6.07) is 8.10. The average Bonchev–Trinajstić information content (AvgIpc) is 2.68. The molecule has 0 radical (unpaired) electrons. The van der Waals surface area contributed by atoms with Crippen LogP contribution >= 0.6 is 35.6 Å². The summed E-state index contributed by atoms with van der Waals surface area (Å²) in [5.41, 5.74) is 2.67. The first kappa shape index (κ1) is 22.3. The summed E-state index contributed by atoms with van der Waals surface area (Å²) in [7, 11) is 0. The lowest BCUT2D eigenvalue weighted by Gasteiger charge is -2.37. The van der Waals surface area contributed by atoms with Gasteiger partial charge in [-0.05, 0) is 38.0 Å². The lowest BCUT2D eigenvalue weighted by Crippen LogP contribution is -2.52. The van der Waals surface area contributed by atoms with Gasteiger partial charge < -0.3 is 19.9 Å². The van der Waals surface area contributed by atoms with Crippen LogP contribution in [-0.4, -0.2) is 63.3 Å². The summed E-state index contributed by atoms with van der Waals surface area (Å²) in [6.07, 6.45) is 4.28. The van der Waals surface area contributed by atoms with E-state index in [9.17, 15) is 0 Å². The van der Waals surface area contributed by atoms with Gasteiger partial charge in [-0.2, -0.15) is 0 Å². The predicted molar refractivity (Wildman–Crippen MR) is 125 cm³/mol. The number of benzene rings is 1. The van der Waals surface area contributed by atoms with Crippen LogP contribution in [0.1, 0.15) is 19.8 Å². The highest BCUT2D eigenvalue weighted by molar-refractivity contribution is 14.0. The van der Waals surface area contributed by atoms with Crippen molar-refractivity contribution < 1.29 is 4.74 Å². The molecule has 3 rings (SSSR count). The number of hydrogen-bond acceptors (Lipinski definition) is 3. The van der Waals surface area contributed by atoms with Crippen LogP contribution in [0.15, 0.2) is 40.9 Å². The molecule has 5 nitrogen and oxygen atoms in total. The van der Waals surface area contributed by atoms with Crippen molar-refractivity contribution in [2.45, 2.75) is 19.8 Å². The van der Waals surface area contributed by atoms with E-state index in [2.05, 4.69) is 34.2 Å². The molecule has 0 saturated carbocycles. The highest BCUT2D eigenvalue weighted by atomic mass is 127. The van der Waals surface area contributed by atoms with Crippen LogP contribution in [0.5, 0.6) is 0 Å². The number of guanidine groups is 1. The standard InChI is InChI=1S/C20H29ClN4O.HI/c1-2-22-20(23-9-6-17-7-14-26-15-8-17)25-12-10-24(11-13-25)19-5-3-4-18(21)16-19;/h3-5,7,16H,2,6,8-15H2,1H3,(H,22,23);1H. The van der Waals surface area contributed by atoms with Crippen molar-refractivity contribution in [3.8, 4) is 0 Å². The monoisotopic (exact) mass is 504 g/mol. The van der Waals surface area contributed by atoms with Crippen LogP contribution in [0.3, 0.4) is 0 Å². The molecule has 1 aromatic carbocycles. The Kier molecular flexibility index (Phi) is 9.72. The zero-order valence-electron chi connectivity index (χ0n) is 16.0. The van der Waals surface area contributed by atoms with Crippen LogP contribution < -0.4 is 10.2 Å². The summed E-state index contributed by atoms with van der Waals surface area (Å²) < 4.78 is 5.37. The number of anilines is 1. The second-order valence-electron chi connectivity index (χ2n) is 6.63. The number of nitrogens with one attached hydrogen (secondary N) is 1. The Balaban J connectivity index is 0.00000261. The third kappa shape index (κ3) is 6.84. The van der Waals surface area contributed by atoms with Crippen LogP contribution in [0.4, 0.5) is 5.69 Å². The Hall–Kier alpha value is -0.990. The molecule has 0 aliphatic carbocycles. The minimum absolute atomic E-state index is 0. The van der Waals surface area contributed by atoms with Gasteiger partial charge in [-0.25, -0.2) is 0 Å². The molecule has 0 amide bonds. The van der Waals surface area contributed by atoms with Crippen molar-refractivity contribution in [2.75, 3.05) is 57.4 Å². The van der Waals surface area contributed by atoms with Crippen molar-refractivity contribution in [3.63, 3.8) is 0 Å². The fraction of sp³-hybridized carbons (Fsp3) is 0.550. The molecule has 27 heavy (non-hydrogen) atoms. The molecule has 2 aliphatic heterocycles. The predicted octanol–water partition coefficient (Wildman–Crippen LogP) is 3.78. The summed E-state index contributed by atoms with van der Waals surface area (Å²) in [5.74, 6) is 1.03. The number of piperazine rings is 1. The Bertz CT molecular complexity index is 645. The topological polar surface area (TPSA) is 40.1 Å². The van der Waals surface area contributed by atoms with Gasteiger partial charge in [0.15, 0.2) is 5.96 Å². The lowest BCUT2D eigenvalue weighted by molar-refractivity contribution is 0.153. The quantitative estimate of drug-likeness (QED) is 0.287. The average molecular weight is 505 g/mol. The van der Waals surface area contributed by atoms with E-state index in [0.29, 0.717) is 0 Å². The summed E-state index contributed by atoms with van der Waals surface area (Å²) in [4.78, 5) is 9.60. The van der Waals surface area contributed by atoms with Gasteiger partial charge in [-0.3, -0.25) is 4.99 Å². The number of aliphatic imine (C=N–C) groups is 1. The van der Waals surface area contributed by atoms with Crippen molar-refractivity contribution in [1.82, 2.24) is 10.2 Å². The van der Waals surface area contributed by atoms with Gasteiger partial charge >= 0.3 is 0 Å². The zero-order valence-corrected chi connectivity index (χ0v) is 19.1. The van der Waals surface area contributed by atoms with Gasteiger partial charge in [0.05, 0.1) is 13.2 Å². The minimum atomic E-state index is 0. The lowest BCUT2D eigenvalue weighted by atomic mass is 10.1. The van der Waals surface area contributed by atoms with E-state index in [1.165, 1.54) is 11.3 Å². The molecule has 150 valence electrons. The maximum Gasteiger partial charge on any atom is 0.194 e. The van der Waals surface area contributed by atoms with Crippen LogP contribution in [0.2, 0.25) is 5.02 Å². The number of ether oxygens (including phenoxy) is 1. The first-order chi connectivity index (χ1) is 12.8. The summed E-state index contributed by atoms with van der Waals surface area (Å²) >= 11 is 6.13. The number of hydrogen-bond donors (Lipinski definition) is 1. The van der Waals surface area contributed by atoms with Crippen molar-refractivity contribution in [1.29, 1.82) is 0 Å². The molecule has 0 atom stereocenters. The first-order valence-corrected chi connectivity index (χ1v) is 9.93. The van der Waals surface area contributed by atoms with Gasteiger partial charge in [0.2, 0.25) is 0 Å². The van der Waals surface area contributed by atoms with Gasteiger partial charge in [0.25, 0.3) is 0 Å². The third-order valence-corrected chi connectivity index (χ3v) is 5.07. The first-order valence-electron chi connectivity index (χ1n) is 9.55. The SMILES string of the molecule is CCNC(=NCCC1=CCOCC1)N1CCN(c2cccc(Cl)c2)CC1.I. The molecular weight excluding hydrogens is 475 g/mol. The number of halogens is 2. The van der Waals surface area contributed by atoms with E-state index in [1.54, 1.807) is 0 Å². The molecule has 1 fully saturated rings. The Morgan fingerprint density at radius 1 is 1.26 bits per heavy atom. The van der Waals surface area contributed by atoms with E-state index in [1.807, 2.05) is 18.2 Å². The number of rotatable bonds is 5. The molecule has 1 N–H and O–H groups in total. The molecule has 7 heteroatoms. The molecule has 1 aromatic rings. The van der Waals surface area contributed by atoms with Crippen LogP contribution in [0, 0.1) is 0 Å².